The predicted molar refractivity (Wildman–Crippen MR) is 92.9 cm³/mol. The largest absolute Gasteiger partial charge is 0.382 e. The molecule has 128 valence electrons. The van der Waals surface area contributed by atoms with Crippen LogP contribution in [-0.4, -0.2) is 41.7 Å². The van der Waals surface area contributed by atoms with Gasteiger partial charge >= 0.3 is 0 Å². The van der Waals surface area contributed by atoms with Crippen molar-refractivity contribution in [3.05, 3.63) is 72.2 Å². The first-order chi connectivity index (χ1) is 12.2. The average molecular weight is 337 g/mol. The van der Waals surface area contributed by atoms with E-state index in [2.05, 4.69) is 10.1 Å². The van der Waals surface area contributed by atoms with Crippen molar-refractivity contribution in [1.82, 2.24) is 15.0 Å². The third-order valence-electron chi connectivity index (χ3n) is 3.93. The van der Waals surface area contributed by atoms with Gasteiger partial charge in [-0.1, -0.05) is 41.6 Å². The van der Waals surface area contributed by atoms with Gasteiger partial charge < -0.3 is 14.2 Å². The first kappa shape index (κ1) is 16.9. The molecule has 0 radical (unpaired) electrons. The number of hydrogen-bond donors (Lipinski definition) is 0. The Morgan fingerprint density at radius 3 is 2.64 bits per heavy atom. The number of benzene rings is 1. The molecule has 0 aliphatic carbocycles. The van der Waals surface area contributed by atoms with Crippen molar-refractivity contribution in [2.24, 2.45) is 0 Å². The summed E-state index contributed by atoms with van der Waals surface area (Å²) in [5, 5.41) is 3.92. The zero-order chi connectivity index (χ0) is 17.6. The highest BCUT2D eigenvalue weighted by molar-refractivity contribution is 5.93. The first-order valence-electron chi connectivity index (χ1n) is 7.90. The molecule has 0 saturated heterocycles. The van der Waals surface area contributed by atoms with E-state index in [1.807, 2.05) is 48.5 Å². The molecule has 0 spiro atoms. The van der Waals surface area contributed by atoms with E-state index in [9.17, 15) is 4.79 Å². The van der Waals surface area contributed by atoms with E-state index in [1.165, 1.54) is 0 Å². The van der Waals surface area contributed by atoms with Gasteiger partial charge in [0.1, 0.15) is 0 Å². The minimum atomic E-state index is -0.310. The van der Waals surface area contributed by atoms with Crippen molar-refractivity contribution in [2.45, 2.75) is 6.04 Å². The molecule has 0 unspecified atom stereocenters. The molecule has 0 N–H and O–H groups in total. The molecular formula is C19H19N3O3. The fourth-order valence-electron chi connectivity index (χ4n) is 2.56. The van der Waals surface area contributed by atoms with Crippen LogP contribution in [0, 0.1) is 0 Å². The Morgan fingerprint density at radius 1 is 1.20 bits per heavy atom. The fourth-order valence-corrected chi connectivity index (χ4v) is 2.56. The van der Waals surface area contributed by atoms with Crippen LogP contribution in [0.1, 0.15) is 22.2 Å². The van der Waals surface area contributed by atoms with E-state index < -0.39 is 0 Å². The molecule has 0 saturated carbocycles. The van der Waals surface area contributed by atoms with Gasteiger partial charge in [-0.15, -0.1) is 0 Å². The first-order valence-corrected chi connectivity index (χ1v) is 7.90. The number of pyridine rings is 1. The van der Waals surface area contributed by atoms with Crippen LogP contribution in [0.4, 0.5) is 0 Å². The van der Waals surface area contributed by atoms with E-state index in [0.717, 1.165) is 11.3 Å². The molecule has 6 nitrogen and oxygen atoms in total. The summed E-state index contributed by atoms with van der Waals surface area (Å²) >= 11 is 0. The summed E-state index contributed by atoms with van der Waals surface area (Å²) in [6.45, 7) is 0.336. The maximum atomic E-state index is 12.8. The summed E-state index contributed by atoms with van der Waals surface area (Å²) in [5.74, 6) is 0.303. The van der Waals surface area contributed by atoms with Crippen LogP contribution >= 0.6 is 0 Å². The summed E-state index contributed by atoms with van der Waals surface area (Å²) < 4.78 is 10.6. The lowest BCUT2D eigenvalue weighted by Crippen LogP contribution is -2.34. The summed E-state index contributed by atoms with van der Waals surface area (Å²) in [7, 11) is 3.30. The van der Waals surface area contributed by atoms with E-state index in [1.54, 1.807) is 31.3 Å². The SMILES string of the molecule is COC[C@H](c1ccccn1)N(C)C(=O)c1cc(-c2ccccc2)on1. The van der Waals surface area contributed by atoms with Crippen molar-refractivity contribution in [3.63, 3.8) is 0 Å². The average Bonchev–Trinajstić information content (AvgIpc) is 3.16. The maximum absolute atomic E-state index is 12.8. The number of hydrogen-bond acceptors (Lipinski definition) is 5. The lowest BCUT2D eigenvalue weighted by Gasteiger charge is -2.26. The molecule has 0 bridgehead atoms. The number of aromatic nitrogens is 2. The normalized spacial score (nSPS) is 11.9. The lowest BCUT2D eigenvalue weighted by molar-refractivity contribution is 0.0585. The molecular weight excluding hydrogens is 318 g/mol. The number of rotatable bonds is 6. The topological polar surface area (TPSA) is 68.5 Å². The Bertz CT molecular complexity index is 818. The Morgan fingerprint density at radius 2 is 1.96 bits per heavy atom. The third kappa shape index (κ3) is 3.75. The highest BCUT2D eigenvalue weighted by Gasteiger charge is 2.26. The van der Waals surface area contributed by atoms with Gasteiger partial charge in [0.15, 0.2) is 11.5 Å². The standard InChI is InChI=1S/C19H19N3O3/c1-22(17(13-24-2)15-10-6-7-11-20-15)19(23)16-12-18(25-21-16)14-8-4-3-5-9-14/h3-12,17H,13H2,1-2H3/t17-/m1/s1. The molecule has 1 aromatic carbocycles. The molecule has 0 fully saturated rings. The van der Waals surface area contributed by atoms with Crippen LogP contribution in [0.25, 0.3) is 11.3 Å². The molecule has 1 amide bonds. The molecule has 6 heteroatoms. The molecule has 3 aromatic rings. The van der Waals surface area contributed by atoms with E-state index in [-0.39, 0.29) is 17.6 Å². The predicted octanol–water partition coefficient (Wildman–Crippen LogP) is 3.20. The number of amides is 1. The Kier molecular flexibility index (Phi) is 5.20. The zero-order valence-corrected chi connectivity index (χ0v) is 14.1. The van der Waals surface area contributed by atoms with Crippen molar-refractivity contribution >= 4 is 5.91 Å². The molecule has 3 rings (SSSR count). The van der Waals surface area contributed by atoms with Gasteiger partial charge in [-0.2, -0.15) is 0 Å². The quantitative estimate of drug-likeness (QED) is 0.691. The van der Waals surface area contributed by atoms with E-state index >= 15 is 0 Å². The van der Waals surface area contributed by atoms with Gasteiger partial charge in [0.25, 0.3) is 5.91 Å². The second-order valence-electron chi connectivity index (χ2n) is 5.58. The molecule has 0 aliphatic heterocycles. The van der Waals surface area contributed by atoms with Crippen LogP contribution < -0.4 is 0 Å². The van der Waals surface area contributed by atoms with Crippen LogP contribution in [0.5, 0.6) is 0 Å². The maximum Gasteiger partial charge on any atom is 0.276 e. The fraction of sp³-hybridized carbons (Fsp3) is 0.211. The van der Waals surface area contributed by atoms with Gasteiger partial charge in [0.05, 0.1) is 18.3 Å². The van der Waals surface area contributed by atoms with E-state index in [0.29, 0.717) is 12.4 Å². The Hall–Kier alpha value is -2.99. The minimum absolute atomic E-state index is 0.249. The number of carbonyl (C=O) groups excluding carboxylic acids is 1. The number of carbonyl (C=O) groups is 1. The number of ether oxygens (including phenoxy) is 1. The summed E-state index contributed by atoms with van der Waals surface area (Å²) in [4.78, 5) is 18.7. The van der Waals surface area contributed by atoms with Crippen LogP contribution in [0.2, 0.25) is 0 Å². The molecule has 1 atom stereocenters. The smallest absolute Gasteiger partial charge is 0.276 e. The van der Waals surface area contributed by atoms with Crippen molar-refractivity contribution in [2.75, 3.05) is 20.8 Å². The monoisotopic (exact) mass is 337 g/mol. The lowest BCUT2D eigenvalue weighted by atomic mass is 10.1. The number of likely N-dealkylation sites (N-methyl/N-ethyl adjacent to an activating group) is 1. The Balaban J connectivity index is 1.83. The second kappa shape index (κ2) is 7.72. The van der Waals surface area contributed by atoms with Crippen LogP contribution in [0.3, 0.4) is 0 Å². The summed E-state index contributed by atoms with van der Waals surface area (Å²) in [6.07, 6.45) is 1.69. The number of methoxy groups -OCH3 is 1. The van der Waals surface area contributed by atoms with Gasteiger partial charge in [-0.05, 0) is 12.1 Å². The van der Waals surface area contributed by atoms with Crippen molar-refractivity contribution in [3.8, 4) is 11.3 Å². The molecule has 2 aromatic heterocycles. The van der Waals surface area contributed by atoms with Gasteiger partial charge in [0, 0.05) is 32.0 Å². The van der Waals surface area contributed by atoms with Gasteiger partial charge in [-0.3, -0.25) is 9.78 Å². The molecule has 2 heterocycles. The van der Waals surface area contributed by atoms with Crippen molar-refractivity contribution < 1.29 is 14.1 Å². The van der Waals surface area contributed by atoms with Crippen molar-refractivity contribution in [1.29, 1.82) is 0 Å². The van der Waals surface area contributed by atoms with E-state index in [4.69, 9.17) is 9.26 Å². The summed E-state index contributed by atoms with van der Waals surface area (Å²) in [6, 6.07) is 16.5. The highest BCUT2D eigenvalue weighted by Crippen LogP contribution is 2.23. The second-order valence-corrected chi connectivity index (χ2v) is 5.58. The number of nitrogens with zero attached hydrogens (tertiary/aromatic N) is 3. The zero-order valence-electron chi connectivity index (χ0n) is 14.1. The Labute approximate surface area is 146 Å². The van der Waals surface area contributed by atoms with Crippen LogP contribution in [0.15, 0.2) is 65.3 Å². The minimum Gasteiger partial charge on any atom is -0.382 e. The van der Waals surface area contributed by atoms with Gasteiger partial charge in [-0.25, -0.2) is 0 Å². The van der Waals surface area contributed by atoms with Crippen LogP contribution in [-0.2, 0) is 4.74 Å². The van der Waals surface area contributed by atoms with Gasteiger partial charge in [0.2, 0.25) is 0 Å². The molecule has 0 aliphatic rings. The highest BCUT2D eigenvalue weighted by atomic mass is 16.5. The molecule has 25 heavy (non-hydrogen) atoms. The third-order valence-corrected chi connectivity index (χ3v) is 3.93. The summed E-state index contributed by atoms with van der Waals surface area (Å²) in [5.41, 5.74) is 1.88.